The summed E-state index contributed by atoms with van der Waals surface area (Å²) in [5, 5.41) is 5.88. The summed E-state index contributed by atoms with van der Waals surface area (Å²) >= 11 is 0. The van der Waals surface area contributed by atoms with E-state index >= 15 is 0 Å². The fourth-order valence-corrected chi connectivity index (χ4v) is 3.80. The Bertz CT molecular complexity index is 842. The van der Waals surface area contributed by atoms with Crippen LogP contribution >= 0.6 is 12.4 Å². The molecule has 3 nitrogen and oxygen atoms in total. The number of carbonyl (C=O) groups is 1. The average molecular weight is 407 g/mol. The van der Waals surface area contributed by atoms with Gasteiger partial charge in [0, 0.05) is 13.0 Å². The van der Waals surface area contributed by atoms with Gasteiger partial charge in [0.15, 0.2) is 0 Å². The summed E-state index contributed by atoms with van der Waals surface area (Å²) in [6, 6.07) is 13.7. The maximum Gasteiger partial charge on any atom is 0.237 e. The minimum atomic E-state index is -1.01. The van der Waals surface area contributed by atoms with Gasteiger partial charge in [-0.1, -0.05) is 49.4 Å². The second-order valence-corrected chi connectivity index (χ2v) is 7.95. The quantitative estimate of drug-likeness (QED) is 0.781. The second kappa shape index (κ2) is 8.18. The van der Waals surface area contributed by atoms with Crippen LogP contribution in [0.2, 0.25) is 0 Å². The predicted octanol–water partition coefficient (Wildman–Crippen LogP) is 4.20. The van der Waals surface area contributed by atoms with E-state index in [1.165, 1.54) is 6.07 Å². The first-order chi connectivity index (χ1) is 13.0. The predicted molar refractivity (Wildman–Crippen MR) is 108 cm³/mol. The smallest absolute Gasteiger partial charge is 0.237 e. The van der Waals surface area contributed by atoms with Crippen molar-refractivity contribution in [1.82, 2.24) is 10.6 Å². The topological polar surface area (TPSA) is 41.1 Å². The SMILES string of the molecule is CC1(c2ccc([C@@H](NC(=O)[C@@H]3C[C@@H](F)CN3)c3ccccc3)cc2F)CC1.Cl. The van der Waals surface area contributed by atoms with Crippen LogP contribution < -0.4 is 10.6 Å². The summed E-state index contributed by atoms with van der Waals surface area (Å²) in [7, 11) is 0. The molecule has 1 aliphatic carbocycles. The van der Waals surface area contributed by atoms with E-state index in [0.29, 0.717) is 5.56 Å². The molecule has 2 aromatic carbocycles. The molecule has 1 saturated heterocycles. The molecule has 2 aromatic rings. The number of amides is 1. The van der Waals surface area contributed by atoms with Gasteiger partial charge in [0.1, 0.15) is 12.0 Å². The minimum absolute atomic E-state index is 0. The molecular formula is C22H25ClF2N2O. The Kier molecular flexibility index (Phi) is 6.06. The van der Waals surface area contributed by atoms with E-state index in [1.54, 1.807) is 0 Å². The van der Waals surface area contributed by atoms with E-state index in [-0.39, 0.29) is 42.5 Å². The molecule has 4 rings (SSSR count). The second-order valence-electron chi connectivity index (χ2n) is 7.95. The monoisotopic (exact) mass is 406 g/mol. The third kappa shape index (κ3) is 4.20. The molecule has 28 heavy (non-hydrogen) atoms. The third-order valence-electron chi connectivity index (χ3n) is 5.79. The van der Waals surface area contributed by atoms with Crippen molar-refractivity contribution in [2.75, 3.05) is 6.54 Å². The zero-order chi connectivity index (χ0) is 19.0. The molecule has 1 saturated carbocycles. The zero-order valence-electron chi connectivity index (χ0n) is 15.8. The average Bonchev–Trinajstić information content (AvgIpc) is 3.26. The Morgan fingerprint density at radius 2 is 1.89 bits per heavy atom. The van der Waals surface area contributed by atoms with Crippen molar-refractivity contribution in [1.29, 1.82) is 0 Å². The van der Waals surface area contributed by atoms with Crippen LogP contribution in [0.4, 0.5) is 8.78 Å². The van der Waals surface area contributed by atoms with Crippen LogP contribution in [-0.2, 0) is 10.2 Å². The van der Waals surface area contributed by atoms with Crippen molar-refractivity contribution in [3.8, 4) is 0 Å². The molecule has 6 heteroatoms. The Morgan fingerprint density at radius 1 is 1.18 bits per heavy atom. The molecule has 1 heterocycles. The van der Waals surface area contributed by atoms with E-state index in [0.717, 1.165) is 24.0 Å². The largest absolute Gasteiger partial charge is 0.344 e. The molecule has 150 valence electrons. The van der Waals surface area contributed by atoms with Gasteiger partial charge in [0.05, 0.1) is 12.1 Å². The lowest BCUT2D eigenvalue weighted by molar-refractivity contribution is -0.123. The van der Waals surface area contributed by atoms with Gasteiger partial charge in [0.2, 0.25) is 5.91 Å². The minimum Gasteiger partial charge on any atom is -0.344 e. The normalized spacial score (nSPS) is 23.5. The number of nitrogens with one attached hydrogen (secondary N) is 2. The van der Waals surface area contributed by atoms with Crippen molar-refractivity contribution >= 4 is 18.3 Å². The summed E-state index contributed by atoms with van der Waals surface area (Å²) in [4.78, 5) is 12.6. The summed E-state index contributed by atoms with van der Waals surface area (Å²) in [5.41, 5.74) is 2.24. The van der Waals surface area contributed by atoms with Gasteiger partial charge in [-0.25, -0.2) is 8.78 Å². The third-order valence-corrected chi connectivity index (χ3v) is 5.79. The first-order valence-corrected chi connectivity index (χ1v) is 9.49. The van der Waals surface area contributed by atoms with Crippen LogP contribution in [0, 0.1) is 5.82 Å². The molecular weight excluding hydrogens is 382 g/mol. The summed E-state index contributed by atoms with van der Waals surface area (Å²) in [5.74, 6) is -0.492. The molecule has 0 unspecified atom stereocenters. The number of hydrogen-bond donors (Lipinski definition) is 2. The van der Waals surface area contributed by atoms with Gasteiger partial charge in [-0.15, -0.1) is 12.4 Å². The van der Waals surface area contributed by atoms with Crippen molar-refractivity contribution < 1.29 is 13.6 Å². The van der Waals surface area contributed by atoms with Gasteiger partial charge >= 0.3 is 0 Å². The maximum atomic E-state index is 14.8. The first-order valence-electron chi connectivity index (χ1n) is 9.49. The Labute approximate surface area is 170 Å². The van der Waals surface area contributed by atoms with E-state index in [1.807, 2.05) is 42.5 Å². The van der Waals surface area contributed by atoms with Gasteiger partial charge in [0.25, 0.3) is 0 Å². The Hall–Kier alpha value is -1.98. The van der Waals surface area contributed by atoms with Crippen LogP contribution in [0.1, 0.15) is 48.9 Å². The van der Waals surface area contributed by atoms with E-state index in [9.17, 15) is 13.6 Å². The highest BCUT2D eigenvalue weighted by molar-refractivity contribution is 5.85. The molecule has 1 amide bonds. The molecule has 3 atom stereocenters. The highest BCUT2D eigenvalue weighted by atomic mass is 35.5. The lowest BCUT2D eigenvalue weighted by atomic mass is 9.92. The molecule has 0 radical (unpaired) electrons. The van der Waals surface area contributed by atoms with Crippen LogP contribution in [0.5, 0.6) is 0 Å². The molecule has 0 bridgehead atoms. The Morgan fingerprint density at radius 3 is 2.46 bits per heavy atom. The Balaban J connectivity index is 0.00000225. The summed E-state index contributed by atoms with van der Waals surface area (Å²) in [6.07, 6.45) is 1.16. The number of alkyl halides is 1. The van der Waals surface area contributed by atoms with Crippen molar-refractivity contribution in [2.45, 2.75) is 49.9 Å². The standard InChI is InChI=1S/C22H24F2N2O.ClH/c1-22(9-10-22)17-8-7-15(11-18(17)24)20(14-5-3-2-4-6-14)26-21(27)19-12-16(23)13-25-19;/h2-8,11,16,19-20,25H,9-10,12-13H2,1H3,(H,26,27);1H/t16-,19+,20+;/m1./s1. The van der Waals surface area contributed by atoms with Crippen molar-refractivity contribution in [3.63, 3.8) is 0 Å². The number of carbonyl (C=O) groups excluding carboxylic acids is 1. The van der Waals surface area contributed by atoms with E-state index in [4.69, 9.17) is 0 Å². The van der Waals surface area contributed by atoms with Crippen LogP contribution in [0.3, 0.4) is 0 Å². The molecule has 0 spiro atoms. The van der Waals surface area contributed by atoms with Crippen LogP contribution in [0.25, 0.3) is 0 Å². The fraction of sp³-hybridized carbons (Fsp3) is 0.409. The number of benzene rings is 2. The molecule has 2 aliphatic rings. The van der Waals surface area contributed by atoms with Crippen LogP contribution in [-0.4, -0.2) is 24.7 Å². The van der Waals surface area contributed by atoms with Crippen molar-refractivity contribution in [2.24, 2.45) is 0 Å². The number of rotatable bonds is 5. The van der Waals surface area contributed by atoms with E-state index < -0.39 is 18.3 Å². The maximum absolute atomic E-state index is 14.8. The molecule has 2 fully saturated rings. The molecule has 1 aliphatic heterocycles. The summed E-state index contributed by atoms with van der Waals surface area (Å²) < 4.78 is 28.2. The van der Waals surface area contributed by atoms with Gasteiger partial charge in [-0.3, -0.25) is 4.79 Å². The lowest BCUT2D eigenvalue weighted by Gasteiger charge is -2.23. The van der Waals surface area contributed by atoms with Crippen molar-refractivity contribution in [3.05, 3.63) is 71.0 Å². The highest BCUT2D eigenvalue weighted by Crippen LogP contribution is 2.48. The molecule has 0 aromatic heterocycles. The fourth-order valence-electron chi connectivity index (χ4n) is 3.80. The van der Waals surface area contributed by atoms with E-state index in [2.05, 4.69) is 17.6 Å². The first kappa shape index (κ1) is 20.7. The van der Waals surface area contributed by atoms with Gasteiger partial charge in [-0.05, 0) is 41.0 Å². The lowest BCUT2D eigenvalue weighted by Crippen LogP contribution is -2.42. The number of halogens is 3. The van der Waals surface area contributed by atoms with Gasteiger partial charge < -0.3 is 10.6 Å². The summed E-state index contributed by atoms with van der Waals surface area (Å²) in [6.45, 7) is 2.26. The van der Waals surface area contributed by atoms with Crippen LogP contribution in [0.15, 0.2) is 48.5 Å². The van der Waals surface area contributed by atoms with Gasteiger partial charge in [-0.2, -0.15) is 0 Å². The highest BCUT2D eigenvalue weighted by Gasteiger charge is 2.41. The molecule has 2 N–H and O–H groups in total. The zero-order valence-corrected chi connectivity index (χ0v) is 16.6. The number of hydrogen-bond acceptors (Lipinski definition) is 2.